The summed E-state index contributed by atoms with van der Waals surface area (Å²) in [5.41, 5.74) is 11.8. The summed E-state index contributed by atoms with van der Waals surface area (Å²) in [7, 11) is 0. The Hall–Kier alpha value is -6.13. The largest absolute Gasteiger partial charge is 0.456 e. The molecule has 8 aromatic rings. The molecule has 9 rings (SSSR count). The number of benzene rings is 6. The maximum absolute atomic E-state index is 6.46. The van der Waals surface area contributed by atoms with Gasteiger partial charge in [-0.05, 0) is 63.9 Å². The van der Waals surface area contributed by atoms with E-state index in [1.807, 2.05) is 72.8 Å². The maximum Gasteiger partial charge on any atom is 0.165 e. The van der Waals surface area contributed by atoms with Crippen LogP contribution in [-0.4, -0.2) is 15.0 Å². The average molecular weight is 618 g/mol. The molecule has 0 N–H and O–H groups in total. The molecule has 0 radical (unpaired) electrons. The van der Waals surface area contributed by atoms with E-state index in [1.54, 1.807) is 0 Å². The van der Waals surface area contributed by atoms with Gasteiger partial charge in [-0.1, -0.05) is 140 Å². The van der Waals surface area contributed by atoms with Crippen molar-refractivity contribution in [1.82, 2.24) is 15.0 Å². The van der Waals surface area contributed by atoms with Crippen LogP contribution in [0.1, 0.15) is 30.4 Å². The van der Waals surface area contributed by atoms with Gasteiger partial charge in [0.05, 0.1) is 0 Å². The third kappa shape index (κ3) is 4.73. The zero-order chi connectivity index (χ0) is 32.0. The molecule has 0 amide bonds. The summed E-state index contributed by atoms with van der Waals surface area (Å²) >= 11 is 0. The standard InChI is InChI=1S/C44H31N3O/c1-28-14-13-22-34-33(25-24-32(39(28)34)29-15-5-2-6-16-29)35-26-27-38-40(36-21-11-12-23-37(36)48-38)41(35)44-46-42(30-17-7-3-8-18-30)45-43(47-44)31-19-9-4-10-20-31/h2-13,15-28H,14H2,1H3. The van der Waals surface area contributed by atoms with Crippen LogP contribution in [0.15, 0.2) is 150 Å². The summed E-state index contributed by atoms with van der Waals surface area (Å²) < 4.78 is 6.46. The van der Waals surface area contributed by atoms with Gasteiger partial charge in [0.2, 0.25) is 0 Å². The number of furan rings is 1. The van der Waals surface area contributed by atoms with Crippen LogP contribution >= 0.6 is 0 Å². The molecule has 0 saturated heterocycles. The third-order valence-corrected chi connectivity index (χ3v) is 9.40. The summed E-state index contributed by atoms with van der Waals surface area (Å²) in [5.74, 6) is 2.24. The van der Waals surface area contributed by atoms with Crippen LogP contribution in [0.25, 0.3) is 84.4 Å². The second kappa shape index (κ2) is 11.6. The van der Waals surface area contributed by atoms with Crippen LogP contribution < -0.4 is 0 Å². The van der Waals surface area contributed by atoms with Crippen LogP contribution in [0.2, 0.25) is 0 Å². The minimum atomic E-state index is 0.369. The van der Waals surface area contributed by atoms with Gasteiger partial charge in [0, 0.05) is 27.5 Å². The van der Waals surface area contributed by atoms with E-state index < -0.39 is 0 Å². The summed E-state index contributed by atoms with van der Waals surface area (Å²) in [6.45, 7) is 2.33. The van der Waals surface area contributed by atoms with Crippen molar-refractivity contribution in [2.45, 2.75) is 19.3 Å². The molecule has 1 aliphatic rings. The first-order chi connectivity index (χ1) is 23.7. The Morgan fingerprint density at radius 2 is 1.08 bits per heavy atom. The number of nitrogens with zero attached hydrogens (tertiary/aromatic N) is 3. The molecule has 0 fully saturated rings. The first kappa shape index (κ1) is 28.1. The minimum absolute atomic E-state index is 0.369. The van der Waals surface area contributed by atoms with Gasteiger partial charge >= 0.3 is 0 Å². The van der Waals surface area contributed by atoms with E-state index in [4.69, 9.17) is 19.4 Å². The van der Waals surface area contributed by atoms with E-state index in [0.29, 0.717) is 23.4 Å². The molecule has 0 aliphatic heterocycles. The topological polar surface area (TPSA) is 51.8 Å². The van der Waals surface area contributed by atoms with Crippen molar-refractivity contribution in [3.8, 4) is 56.4 Å². The molecule has 6 aromatic carbocycles. The van der Waals surface area contributed by atoms with Crippen molar-refractivity contribution in [3.05, 3.63) is 157 Å². The molecule has 0 saturated carbocycles. The lowest BCUT2D eigenvalue weighted by Crippen LogP contribution is -2.06. The van der Waals surface area contributed by atoms with Crippen LogP contribution in [0.5, 0.6) is 0 Å². The van der Waals surface area contributed by atoms with Gasteiger partial charge in [0.15, 0.2) is 17.5 Å². The lowest BCUT2D eigenvalue weighted by atomic mass is 9.79. The molecule has 228 valence electrons. The number of para-hydroxylation sites is 1. The smallest absolute Gasteiger partial charge is 0.165 e. The summed E-state index contributed by atoms with van der Waals surface area (Å²) in [6.07, 6.45) is 5.61. The molecule has 2 aromatic heterocycles. The summed E-state index contributed by atoms with van der Waals surface area (Å²) in [5, 5.41) is 2.03. The second-order valence-corrected chi connectivity index (χ2v) is 12.4. The molecule has 1 unspecified atom stereocenters. The number of allylic oxidation sites excluding steroid dienone is 1. The van der Waals surface area contributed by atoms with Crippen molar-refractivity contribution in [1.29, 1.82) is 0 Å². The molecule has 4 nitrogen and oxygen atoms in total. The van der Waals surface area contributed by atoms with Crippen LogP contribution in [0.3, 0.4) is 0 Å². The highest BCUT2D eigenvalue weighted by Gasteiger charge is 2.26. The molecule has 48 heavy (non-hydrogen) atoms. The number of hydrogen-bond acceptors (Lipinski definition) is 4. The molecule has 4 heteroatoms. The van der Waals surface area contributed by atoms with Gasteiger partial charge in [-0.15, -0.1) is 0 Å². The molecule has 1 aliphatic carbocycles. The Morgan fingerprint density at radius 3 is 1.77 bits per heavy atom. The van der Waals surface area contributed by atoms with E-state index in [9.17, 15) is 0 Å². The molecule has 2 heterocycles. The molecule has 0 spiro atoms. The first-order valence-corrected chi connectivity index (χ1v) is 16.4. The van der Waals surface area contributed by atoms with Gasteiger partial charge in [-0.2, -0.15) is 0 Å². The average Bonchev–Trinajstić information content (AvgIpc) is 3.54. The van der Waals surface area contributed by atoms with Crippen LogP contribution in [-0.2, 0) is 0 Å². The predicted molar refractivity (Wildman–Crippen MR) is 196 cm³/mol. The lowest BCUT2D eigenvalue weighted by Gasteiger charge is -2.25. The lowest BCUT2D eigenvalue weighted by molar-refractivity contribution is 0.669. The first-order valence-electron chi connectivity index (χ1n) is 16.4. The van der Waals surface area contributed by atoms with Crippen molar-refractivity contribution >= 4 is 28.0 Å². The highest BCUT2D eigenvalue weighted by molar-refractivity contribution is 6.15. The monoisotopic (exact) mass is 617 g/mol. The third-order valence-electron chi connectivity index (χ3n) is 9.40. The van der Waals surface area contributed by atoms with Crippen molar-refractivity contribution < 1.29 is 4.42 Å². The Balaban J connectivity index is 1.39. The maximum atomic E-state index is 6.46. The number of fused-ring (bicyclic) bond motifs is 4. The number of hydrogen-bond donors (Lipinski definition) is 0. The van der Waals surface area contributed by atoms with Crippen molar-refractivity contribution in [2.75, 3.05) is 0 Å². The van der Waals surface area contributed by atoms with E-state index in [1.165, 1.54) is 22.3 Å². The Morgan fingerprint density at radius 1 is 0.521 bits per heavy atom. The Kier molecular flexibility index (Phi) is 6.79. The molecule has 1 atom stereocenters. The zero-order valence-electron chi connectivity index (χ0n) is 26.5. The van der Waals surface area contributed by atoms with Crippen LogP contribution in [0, 0.1) is 0 Å². The van der Waals surface area contributed by atoms with Crippen molar-refractivity contribution in [2.24, 2.45) is 0 Å². The molecular formula is C44H31N3O. The van der Waals surface area contributed by atoms with E-state index in [2.05, 4.69) is 85.8 Å². The van der Waals surface area contributed by atoms with E-state index in [-0.39, 0.29) is 0 Å². The van der Waals surface area contributed by atoms with Gasteiger partial charge in [-0.3, -0.25) is 0 Å². The van der Waals surface area contributed by atoms with E-state index in [0.717, 1.165) is 56.2 Å². The fourth-order valence-electron chi connectivity index (χ4n) is 7.15. The molecule has 0 bridgehead atoms. The highest BCUT2D eigenvalue weighted by Crippen LogP contribution is 2.47. The van der Waals surface area contributed by atoms with Gasteiger partial charge in [0.25, 0.3) is 0 Å². The normalized spacial score (nSPS) is 14.0. The SMILES string of the molecule is CC1CC=Cc2c(-c3ccc4oc5ccccc5c4c3-c3nc(-c4ccccc4)nc(-c4ccccc4)n3)ccc(-c3ccccc3)c21. The van der Waals surface area contributed by atoms with Crippen LogP contribution in [0.4, 0.5) is 0 Å². The Bertz CT molecular complexity index is 2420. The van der Waals surface area contributed by atoms with Crippen molar-refractivity contribution in [3.63, 3.8) is 0 Å². The fraction of sp³-hybridized carbons (Fsp3) is 0.0682. The fourth-order valence-corrected chi connectivity index (χ4v) is 7.15. The van der Waals surface area contributed by atoms with Gasteiger partial charge in [0.1, 0.15) is 11.2 Å². The molecular weight excluding hydrogens is 587 g/mol. The second-order valence-electron chi connectivity index (χ2n) is 12.4. The zero-order valence-corrected chi connectivity index (χ0v) is 26.5. The highest BCUT2D eigenvalue weighted by atomic mass is 16.3. The summed E-state index contributed by atoms with van der Waals surface area (Å²) in [6, 6.07) is 48.1. The Labute approximate surface area is 279 Å². The number of rotatable bonds is 5. The van der Waals surface area contributed by atoms with Gasteiger partial charge in [-0.25, -0.2) is 15.0 Å². The quantitative estimate of drug-likeness (QED) is 0.193. The minimum Gasteiger partial charge on any atom is -0.456 e. The van der Waals surface area contributed by atoms with Gasteiger partial charge < -0.3 is 4.42 Å². The number of aromatic nitrogens is 3. The summed E-state index contributed by atoms with van der Waals surface area (Å²) in [4.78, 5) is 15.5. The predicted octanol–water partition coefficient (Wildman–Crippen LogP) is 11.6. The van der Waals surface area contributed by atoms with E-state index >= 15 is 0 Å².